The van der Waals surface area contributed by atoms with E-state index in [0.29, 0.717) is 24.3 Å². The van der Waals surface area contributed by atoms with E-state index in [1.165, 1.54) is 12.8 Å². The third-order valence-electron chi connectivity index (χ3n) is 4.72. The van der Waals surface area contributed by atoms with E-state index in [-0.39, 0.29) is 10.6 Å². The molecule has 0 bridgehead atoms. The second-order valence-electron chi connectivity index (χ2n) is 5.97. The Morgan fingerprint density at radius 1 is 1.35 bits per heavy atom. The smallest absolute Gasteiger partial charge is 0.274 e. The zero-order valence-corrected chi connectivity index (χ0v) is 12.6. The van der Waals surface area contributed by atoms with Crippen molar-refractivity contribution in [2.75, 3.05) is 5.32 Å². The van der Waals surface area contributed by atoms with E-state index in [4.69, 9.17) is 0 Å². The van der Waals surface area contributed by atoms with Crippen LogP contribution in [0.4, 0.5) is 11.4 Å². The van der Waals surface area contributed by atoms with Gasteiger partial charge < -0.3 is 5.32 Å². The Morgan fingerprint density at radius 3 is 2.75 bits per heavy atom. The molecule has 0 aromatic heterocycles. The molecule has 1 aliphatic carbocycles. The maximum Gasteiger partial charge on any atom is 0.274 e. The minimum Gasteiger partial charge on any atom is -0.382 e. The predicted octanol–water partition coefficient (Wildman–Crippen LogP) is 4.39. The summed E-state index contributed by atoms with van der Waals surface area (Å²) in [7, 11) is 0. The molecule has 0 spiro atoms. The maximum atomic E-state index is 11.1. The first-order valence-electron chi connectivity index (χ1n) is 7.56. The first-order chi connectivity index (χ1) is 9.52. The lowest BCUT2D eigenvalue weighted by Crippen LogP contribution is -2.35. The number of rotatable bonds is 4. The largest absolute Gasteiger partial charge is 0.382 e. The molecule has 4 nitrogen and oxygen atoms in total. The topological polar surface area (TPSA) is 55.2 Å². The first-order valence-corrected chi connectivity index (χ1v) is 7.56. The number of nitro groups is 1. The van der Waals surface area contributed by atoms with Gasteiger partial charge in [-0.1, -0.05) is 39.7 Å². The van der Waals surface area contributed by atoms with Gasteiger partial charge >= 0.3 is 0 Å². The van der Waals surface area contributed by atoms with Crippen LogP contribution in [0.25, 0.3) is 0 Å². The predicted molar refractivity (Wildman–Crippen MR) is 82.1 cm³/mol. The average Bonchev–Trinajstić information content (AvgIpc) is 2.43. The Bertz CT molecular complexity index is 487. The zero-order valence-electron chi connectivity index (χ0n) is 12.6. The fourth-order valence-corrected chi connectivity index (χ4v) is 3.12. The van der Waals surface area contributed by atoms with Crippen LogP contribution in [0.15, 0.2) is 18.2 Å². The molecule has 110 valence electrons. The van der Waals surface area contributed by atoms with Crippen molar-refractivity contribution < 1.29 is 4.92 Å². The molecule has 0 heterocycles. The van der Waals surface area contributed by atoms with E-state index in [0.717, 1.165) is 17.7 Å². The summed E-state index contributed by atoms with van der Waals surface area (Å²) < 4.78 is 0. The van der Waals surface area contributed by atoms with Gasteiger partial charge in [-0.25, -0.2) is 0 Å². The summed E-state index contributed by atoms with van der Waals surface area (Å²) in [6.07, 6.45) is 4.36. The lowest BCUT2D eigenvalue weighted by Gasteiger charge is -2.35. The molecule has 1 fully saturated rings. The van der Waals surface area contributed by atoms with Crippen LogP contribution >= 0.6 is 0 Å². The highest BCUT2D eigenvalue weighted by atomic mass is 16.6. The highest BCUT2D eigenvalue weighted by Crippen LogP contribution is 2.32. The summed E-state index contributed by atoms with van der Waals surface area (Å²) in [6.45, 7) is 6.51. The number of hydrogen-bond donors (Lipinski definition) is 1. The van der Waals surface area contributed by atoms with Gasteiger partial charge in [0.25, 0.3) is 5.69 Å². The number of benzene rings is 1. The van der Waals surface area contributed by atoms with Crippen molar-refractivity contribution in [2.24, 2.45) is 11.8 Å². The van der Waals surface area contributed by atoms with Crippen molar-refractivity contribution in [1.82, 2.24) is 0 Å². The molecule has 1 aliphatic rings. The van der Waals surface area contributed by atoms with Crippen molar-refractivity contribution in [3.8, 4) is 0 Å². The number of nitro benzene ring substituents is 1. The molecule has 0 amide bonds. The number of hydrogen-bond acceptors (Lipinski definition) is 3. The SMILES string of the molecule is CCc1ccc(NC2CCCC(C)C2C)cc1[N+](=O)[O-]. The Hall–Kier alpha value is -1.58. The maximum absolute atomic E-state index is 11.1. The molecule has 0 aliphatic heterocycles. The molecule has 1 aromatic carbocycles. The summed E-state index contributed by atoms with van der Waals surface area (Å²) in [5.41, 5.74) is 1.90. The number of aryl methyl sites for hydroxylation is 1. The zero-order chi connectivity index (χ0) is 14.7. The molecule has 0 radical (unpaired) electrons. The van der Waals surface area contributed by atoms with Crippen LogP contribution in [-0.2, 0) is 6.42 Å². The van der Waals surface area contributed by atoms with Crippen LogP contribution < -0.4 is 5.32 Å². The molecule has 4 heteroatoms. The second kappa shape index (κ2) is 6.25. The third-order valence-corrected chi connectivity index (χ3v) is 4.72. The monoisotopic (exact) mass is 276 g/mol. The van der Waals surface area contributed by atoms with Gasteiger partial charge in [-0.2, -0.15) is 0 Å². The van der Waals surface area contributed by atoms with Gasteiger partial charge in [-0.3, -0.25) is 10.1 Å². The van der Waals surface area contributed by atoms with E-state index >= 15 is 0 Å². The molecule has 1 aromatic rings. The second-order valence-corrected chi connectivity index (χ2v) is 5.97. The summed E-state index contributed by atoms with van der Waals surface area (Å²) in [6, 6.07) is 5.95. The lowest BCUT2D eigenvalue weighted by atomic mass is 9.78. The summed E-state index contributed by atoms with van der Waals surface area (Å²) >= 11 is 0. The number of nitrogens with one attached hydrogen (secondary N) is 1. The fraction of sp³-hybridized carbons (Fsp3) is 0.625. The molecular weight excluding hydrogens is 252 g/mol. The number of nitrogens with zero attached hydrogens (tertiary/aromatic N) is 1. The Balaban J connectivity index is 2.17. The van der Waals surface area contributed by atoms with Gasteiger partial charge in [0, 0.05) is 23.4 Å². The normalized spacial score (nSPS) is 26.2. The summed E-state index contributed by atoms with van der Waals surface area (Å²) in [5.74, 6) is 1.32. The van der Waals surface area contributed by atoms with E-state index in [9.17, 15) is 10.1 Å². The van der Waals surface area contributed by atoms with E-state index in [1.807, 2.05) is 19.1 Å². The van der Waals surface area contributed by atoms with Crippen molar-refractivity contribution >= 4 is 11.4 Å². The minimum absolute atomic E-state index is 0.231. The van der Waals surface area contributed by atoms with Crippen molar-refractivity contribution in [1.29, 1.82) is 0 Å². The fourth-order valence-electron chi connectivity index (χ4n) is 3.12. The van der Waals surface area contributed by atoms with Gasteiger partial charge in [0.2, 0.25) is 0 Å². The van der Waals surface area contributed by atoms with Crippen LogP contribution in [0.5, 0.6) is 0 Å². The van der Waals surface area contributed by atoms with Crippen LogP contribution in [0.3, 0.4) is 0 Å². The van der Waals surface area contributed by atoms with E-state index in [2.05, 4.69) is 19.2 Å². The first kappa shape index (κ1) is 14.8. The Kier molecular flexibility index (Phi) is 4.63. The number of anilines is 1. The van der Waals surface area contributed by atoms with E-state index < -0.39 is 0 Å². The van der Waals surface area contributed by atoms with Gasteiger partial charge in [-0.05, 0) is 30.7 Å². The van der Waals surface area contributed by atoms with Gasteiger partial charge in [0.1, 0.15) is 0 Å². The van der Waals surface area contributed by atoms with Crippen LogP contribution in [0.2, 0.25) is 0 Å². The lowest BCUT2D eigenvalue weighted by molar-refractivity contribution is -0.385. The van der Waals surface area contributed by atoms with Crippen LogP contribution in [0.1, 0.15) is 45.6 Å². The quantitative estimate of drug-likeness (QED) is 0.655. The summed E-state index contributed by atoms with van der Waals surface area (Å²) in [4.78, 5) is 10.8. The summed E-state index contributed by atoms with van der Waals surface area (Å²) in [5, 5.41) is 14.6. The van der Waals surface area contributed by atoms with Crippen molar-refractivity contribution in [3.63, 3.8) is 0 Å². The highest BCUT2D eigenvalue weighted by molar-refractivity contribution is 5.55. The molecule has 0 saturated heterocycles. The molecule has 1 N–H and O–H groups in total. The van der Waals surface area contributed by atoms with E-state index in [1.54, 1.807) is 6.07 Å². The molecule has 2 rings (SSSR count). The van der Waals surface area contributed by atoms with Crippen molar-refractivity contribution in [2.45, 2.75) is 52.5 Å². The highest BCUT2D eigenvalue weighted by Gasteiger charge is 2.27. The minimum atomic E-state index is -0.281. The third kappa shape index (κ3) is 3.11. The van der Waals surface area contributed by atoms with Gasteiger partial charge in [0.15, 0.2) is 0 Å². The molecule has 1 saturated carbocycles. The van der Waals surface area contributed by atoms with Crippen LogP contribution in [-0.4, -0.2) is 11.0 Å². The average molecular weight is 276 g/mol. The Labute approximate surface area is 120 Å². The standard InChI is InChI=1S/C16H24N2O2/c1-4-13-8-9-14(10-16(13)18(19)20)17-15-7-5-6-11(2)12(15)3/h8-12,15,17H,4-7H2,1-3H3. The molecule has 3 atom stereocenters. The molecule has 3 unspecified atom stereocenters. The van der Waals surface area contributed by atoms with Gasteiger partial charge in [-0.15, -0.1) is 0 Å². The van der Waals surface area contributed by atoms with Crippen LogP contribution in [0, 0.1) is 22.0 Å². The van der Waals surface area contributed by atoms with Crippen molar-refractivity contribution in [3.05, 3.63) is 33.9 Å². The Morgan fingerprint density at radius 2 is 2.10 bits per heavy atom. The molecular formula is C16H24N2O2. The molecule has 20 heavy (non-hydrogen) atoms. The van der Waals surface area contributed by atoms with Gasteiger partial charge in [0.05, 0.1) is 4.92 Å².